The van der Waals surface area contributed by atoms with Gasteiger partial charge in [0.15, 0.2) is 0 Å². The lowest BCUT2D eigenvalue weighted by molar-refractivity contribution is 0.386. The first-order valence-corrected chi connectivity index (χ1v) is 15.7. The molecule has 0 aromatic heterocycles. The first kappa shape index (κ1) is 39.0. The summed E-state index contributed by atoms with van der Waals surface area (Å²) >= 11 is 0. The maximum Gasteiger partial charge on any atom is -0.00297 e. The average molecular weight is 567 g/mol. The Labute approximate surface area is 261 Å². The Morgan fingerprint density at radius 3 is 1.93 bits per heavy atom. The zero-order valence-corrected chi connectivity index (χ0v) is 30.0. The van der Waals surface area contributed by atoms with Crippen LogP contribution < -0.4 is 10.4 Å². The third-order valence-corrected chi connectivity index (χ3v) is 7.99. The monoisotopic (exact) mass is 566 g/mol. The Morgan fingerprint density at radius 2 is 1.48 bits per heavy atom. The number of benzene rings is 2. The zero-order chi connectivity index (χ0) is 33.0. The Morgan fingerprint density at radius 1 is 0.952 bits per heavy atom. The van der Waals surface area contributed by atoms with E-state index in [1.807, 2.05) is 13.8 Å². The van der Waals surface area contributed by atoms with Crippen LogP contribution in [0.2, 0.25) is 0 Å². The van der Waals surface area contributed by atoms with Gasteiger partial charge in [-0.15, -0.1) is 12.3 Å². The van der Waals surface area contributed by atoms with Crippen molar-refractivity contribution < 1.29 is 0 Å². The van der Waals surface area contributed by atoms with Gasteiger partial charge in [0, 0.05) is 0 Å². The van der Waals surface area contributed by atoms with Gasteiger partial charge in [0.2, 0.25) is 0 Å². The van der Waals surface area contributed by atoms with Crippen molar-refractivity contribution in [2.45, 2.75) is 116 Å². The van der Waals surface area contributed by atoms with E-state index in [1.165, 1.54) is 49.8 Å². The van der Waals surface area contributed by atoms with Crippen molar-refractivity contribution >= 4 is 18.2 Å². The molecule has 2 aromatic carbocycles. The molecule has 230 valence electrons. The summed E-state index contributed by atoms with van der Waals surface area (Å²) in [4.78, 5) is 0. The van der Waals surface area contributed by atoms with Gasteiger partial charge >= 0.3 is 0 Å². The first-order valence-electron chi connectivity index (χ1n) is 15.7. The van der Waals surface area contributed by atoms with Crippen LogP contribution in [0.4, 0.5) is 0 Å². The summed E-state index contributed by atoms with van der Waals surface area (Å²) in [6, 6.07) is 11.3. The maximum absolute atomic E-state index is 4.60. The number of rotatable bonds is 7. The Kier molecular flexibility index (Phi) is 15.9. The van der Waals surface area contributed by atoms with Crippen LogP contribution in [-0.2, 0) is 0 Å². The third kappa shape index (κ3) is 11.3. The van der Waals surface area contributed by atoms with Gasteiger partial charge in [-0.1, -0.05) is 142 Å². The molecular formula is C42H62. The Bertz CT molecular complexity index is 1380. The van der Waals surface area contributed by atoms with Crippen LogP contribution in [0.15, 0.2) is 60.2 Å². The van der Waals surface area contributed by atoms with E-state index < -0.39 is 0 Å². The van der Waals surface area contributed by atoms with E-state index in [0.29, 0.717) is 11.8 Å². The fraction of sp³-hybridized carbons (Fsp3) is 0.476. The van der Waals surface area contributed by atoms with Crippen LogP contribution in [0.5, 0.6) is 0 Å². The van der Waals surface area contributed by atoms with Gasteiger partial charge in [0.05, 0.1) is 0 Å². The lowest BCUT2D eigenvalue weighted by atomic mass is 9.69. The van der Waals surface area contributed by atoms with E-state index >= 15 is 0 Å². The summed E-state index contributed by atoms with van der Waals surface area (Å²) in [5.41, 5.74) is 10.9. The molecule has 0 saturated heterocycles. The number of allylic oxidation sites excluding steroid dienone is 5. The molecule has 0 aliphatic heterocycles. The summed E-state index contributed by atoms with van der Waals surface area (Å²) in [7, 11) is 0. The predicted octanol–water partition coefficient (Wildman–Crippen LogP) is 11.3. The number of hydrogen-bond donors (Lipinski definition) is 0. The van der Waals surface area contributed by atoms with Crippen molar-refractivity contribution in [1.82, 2.24) is 0 Å². The van der Waals surface area contributed by atoms with E-state index in [2.05, 4.69) is 157 Å². The summed E-state index contributed by atoms with van der Waals surface area (Å²) in [5.74, 6) is 3.06. The second kappa shape index (κ2) is 17.2. The number of terminal acetylenes is 1. The smallest absolute Gasteiger partial charge is 0.00297 e. The molecule has 0 fully saturated rings. The molecule has 2 unspecified atom stereocenters. The van der Waals surface area contributed by atoms with Gasteiger partial charge in [0.1, 0.15) is 0 Å². The fourth-order valence-corrected chi connectivity index (χ4v) is 5.18. The van der Waals surface area contributed by atoms with Crippen LogP contribution in [0.1, 0.15) is 123 Å². The lowest BCUT2D eigenvalue weighted by Gasteiger charge is -2.36. The molecule has 0 spiro atoms. The molecule has 0 N–H and O–H groups in total. The third-order valence-electron chi connectivity index (χ3n) is 7.99. The highest BCUT2D eigenvalue weighted by Gasteiger charge is 2.31. The highest BCUT2D eigenvalue weighted by Crippen LogP contribution is 2.44. The van der Waals surface area contributed by atoms with E-state index in [9.17, 15) is 0 Å². The van der Waals surface area contributed by atoms with Crippen LogP contribution in [-0.4, -0.2) is 0 Å². The molecule has 0 saturated carbocycles. The quantitative estimate of drug-likeness (QED) is 0.231. The predicted molar refractivity (Wildman–Crippen MR) is 194 cm³/mol. The van der Waals surface area contributed by atoms with Crippen molar-refractivity contribution in [3.63, 3.8) is 0 Å². The molecule has 0 radical (unpaired) electrons. The molecule has 0 amide bonds. The lowest BCUT2D eigenvalue weighted by Crippen LogP contribution is -2.23. The molecule has 0 aliphatic rings. The maximum atomic E-state index is 4.60. The standard InChI is InChI=1S/C37H52.C3H4.C2H6/c1-15-32(30(8)35(37(12,13)14)23-29(7)36(9,10)11)34-22-27(5)26(4)21-33(34)25(3)17-19-31-18-16-24(2)20-28(31)6;1-3-2;1-2/h16-23,30,32H,6-7,15H2,1-5,8-14H3;1H,2H3;1-2H3/b25-17+,31-19-,35-23+;;. The largest absolute Gasteiger partial charge is 0.120 e. The average Bonchev–Trinajstić information content (AvgIpc) is 2.89. The topological polar surface area (TPSA) is 0 Å². The van der Waals surface area contributed by atoms with Crippen LogP contribution >= 0.6 is 0 Å². The SMILES string of the molecule is C#CC.C=C(/C=C(\C(C)C(CC)c1cc(C)c(C)cc1/C(C)=C/C=c1/ccc(C)cc1=C)C(C)(C)C)C(C)(C)C.CC. The van der Waals surface area contributed by atoms with E-state index in [0.717, 1.165) is 11.6 Å². The van der Waals surface area contributed by atoms with E-state index in [-0.39, 0.29) is 10.8 Å². The molecule has 2 aromatic rings. The summed E-state index contributed by atoms with van der Waals surface area (Å²) in [6.45, 7) is 41.8. The minimum absolute atomic E-state index is 0.0572. The molecule has 0 heteroatoms. The van der Waals surface area contributed by atoms with E-state index in [4.69, 9.17) is 0 Å². The Balaban J connectivity index is 0.00000315. The van der Waals surface area contributed by atoms with Crippen molar-refractivity contribution in [3.8, 4) is 12.3 Å². The Hall–Kier alpha value is -3.04. The molecule has 42 heavy (non-hydrogen) atoms. The number of hydrogen-bond acceptors (Lipinski definition) is 0. The summed E-state index contributed by atoms with van der Waals surface area (Å²) in [6.07, 6.45) is 12.6. The van der Waals surface area contributed by atoms with Crippen LogP contribution in [0.3, 0.4) is 0 Å². The van der Waals surface area contributed by atoms with Gasteiger partial charge in [-0.25, -0.2) is 0 Å². The van der Waals surface area contributed by atoms with Gasteiger partial charge in [0.25, 0.3) is 0 Å². The summed E-state index contributed by atoms with van der Waals surface area (Å²) in [5, 5.41) is 2.25. The molecule has 2 atom stereocenters. The number of aryl methyl sites for hydroxylation is 3. The second-order valence-electron chi connectivity index (χ2n) is 13.5. The minimum atomic E-state index is 0.0572. The minimum Gasteiger partial charge on any atom is -0.120 e. The van der Waals surface area contributed by atoms with Crippen molar-refractivity contribution in [1.29, 1.82) is 0 Å². The van der Waals surface area contributed by atoms with Gasteiger partial charge in [-0.2, -0.15) is 0 Å². The molecule has 0 heterocycles. The molecule has 2 rings (SSSR count). The van der Waals surface area contributed by atoms with Crippen LogP contribution in [0, 0.1) is 49.9 Å². The van der Waals surface area contributed by atoms with Gasteiger partial charge in [-0.3, -0.25) is 0 Å². The molecular weight excluding hydrogens is 504 g/mol. The van der Waals surface area contributed by atoms with Gasteiger partial charge in [-0.05, 0) is 108 Å². The summed E-state index contributed by atoms with van der Waals surface area (Å²) < 4.78 is 0. The normalized spacial score (nSPS) is 14.1. The fourth-order valence-electron chi connectivity index (χ4n) is 5.18. The first-order chi connectivity index (χ1) is 19.4. The van der Waals surface area contributed by atoms with Gasteiger partial charge < -0.3 is 0 Å². The highest BCUT2D eigenvalue weighted by molar-refractivity contribution is 5.73. The van der Waals surface area contributed by atoms with E-state index in [1.54, 1.807) is 6.92 Å². The molecule has 0 nitrogen and oxygen atoms in total. The molecule has 0 aliphatic carbocycles. The molecule has 0 bridgehead atoms. The van der Waals surface area contributed by atoms with Crippen molar-refractivity contribution in [2.75, 3.05) is 0 Å². The zero-order valence-electron chi connectivity index (χ0n) is 30.0. The van der Waals surface area contributed by atoms with Crippen molar-refractivity contribution in [3.05, 3.63) is 98.5 Å². The van der Waals surface area contributed by atoms with Crippen LogP contribution in [0.25, 0.3) is 18.2 Å². The van der Waals surface area contributed by atoms with Crippen molar-refractivity contribution in [2.24, 2.45) is 16.7 Å². The highest BCUT2D eigenvalue weighted by atomic mass is 14.4. The second-order valence-corrected chi connectivity index (χ2v) is 13.5.